The van der Waals surface area contributed by atoms with E-state index in [4.69, 9.17) is 28.4 Å². The summed E-state index contributed by atoms with van der Waals surface area (Å²) in [6.07, 6.45) is 1.43. The summed E-state index contributed by atoms with van der Waals surface area (Å²) in [5.74, 6) is 0.0371. The van der Waals surface area contributed by atoms with E-state index in [0.717, 1.165) is 12.8 Å². The predicted molar refractivity (Wildman–Crippen MR) is 85.4 cm³/mol. The van der Waals surface area contributed by atoms with E-state index in [0.29, 0.717) is 26.4 Å². The first-order valence-corrected chi connectivity index (χ1v) is 8.35. The fraction of sp³-hybridized carbons (Fsp3) is 0.882. The predicted octanol–water partition coefficient (Wildman–Crippen LogP) is 1.26. The van der Waals surface area contributed by atoms with Crippen LogP contribution in [0.2, 0.25) is 0 Å². The Kier molecular flexibility index (Phi) is 7.18. The molecule has 0 aliphatic carbocycles. The molecule has 0 bridgehead atoms. The number of hydrogen-bond donors (Lipinski definition) is 0. The van der Waals surface area contributed by atoms with Gasteiger partial charge >= 0.3 is 11.9 Å². The lowest BCUT2D eigenvalue weighted by molar-refractivity contribution is -0.148. The lowest BCUT2D eigenvalue weighted by Crippen LogP contribution is -2.25. The molecule has 0 aromatic heterocycles. The van der Waals surface area contributed by atoms with E-state index in [1.807, 2.05) is 0 Å². The molecule has 144 valence electrons. The zero-order chi connectivity index (χ0) is 17.1. The zero-order valence-corrected chi connectivity index (χ0v) is 14.0. The largest absolute Gasteiger partial charge is 0.460 e. The second kappa shape index (κ2) is 8.93. The summed E-state index contributed by atoms with van der Waals surface area (Å²) < 4.78 is 31.3. The van der Waals surface area contributed by atoms with Gasteiger partial charge in [0.25, 0.3) is 0 Å². The van der Waals surface area contributed by atoms with Gasteiger partial charge in [0.15, 0.2) is 12.6 Å². The van der Waals surface area contributed by atoms with Crippen molar-refractivity contribution in [3.8, 4) is 0 Å². The normalized spacial score (nSPS) is 38.0. The number of carbonyl (C=O) groups excluding carboxylic acids is 2. The molecule has 25 heavy (non-hydrogen) atoms. The topological polar surface area (TPSA) is 89.5 Å². The monoisotopic (exact) mass is 360 g/mol. The van der Waals surface area contributed by atoms with Gasteiger partial charge in [-0.1, -0.05) is 7.43 Å². The highest BCUT2D eigenvalue weighted by molar-refractivity contribution is 5.66. The zero-order valence-electron chi connectivity index (χ0n) is 14.0. The first-order chi connectivity index (χ1) is 11.5. The average molecular weight is 360 g/mol. The second-order valence-electron chi connectivity index (χ2n) is 6.35. The van der Waals surface area contributed by atoms with Crippen LogP contribution in [0.4, 0.5) is 0 Å². The molecule has 0 radical (unpaired) electrons. The molecule has 0 amide bonds. The van der Waals surface area contributed by atoms with Crippen LogP contribution < -0.4 is 0 Å². The number of hydrogen-bond acceptors (Lipinski definition) is 8. The third kappa shape index (κ3) is 4.91. The van der Waals surface area contributed by atoms with Crippen molar-refractivity contribution in [1.29, 1.82) is 0 Å². The van der Waals surface area contributed by atoms with Crippen LogP contribution >= 0.6 is 0 Å². The Morgan fingerprint density at radius 3 is 1.52 bits per heavy atom. The smallest absolute Gasteiger partial charge is 0.302 e. The third-order valence-corrected chi connectivity index (χ3v) is 4.61. The van der Waals surface area contributed by atoms with Gasteiger partial charge in [0.05, 0.1) is 38.3 Å². The van der Waals surface area contributed by atoms with Crippen LogP contribution in [0, 0.1) is 11.8 Å². The Labute approximate surface area is 148 Å². The summed E-state index contributed by atoms with van der Waals surface area (Å²) in [7, 11) is 0. The molecule has 4 fully saturated rings. The van der Waals surface area contributed by atoms with Crippen molar-refractivity contribution in [2.75, 3.05) is 26.4 Å². The van der Waals surface area contributed by atoms with Gasteiger partial charge in [-0.25, -0.2) is 0 Å². The lowest BCUT2D eigenvalue weighted by Gasteiger charge is -2.13. The Hall–Kier alpha value is -1.22. The van der Waals surface area contributed by atoms with Crippen LogP contribution in [0.5, 0.6) is 0 Å². The third-order valence-electron chi connectivity index (χ3n) is 4.61. The molecule has 0 saturated carbocycles. The minimum Gasteiger partial charge on any atom is -0.460 e. The highest BCUT2D eigenvalue weighted by Crippen LogP contribution is 2.33. The van der Waals surface area contributed by atoms with E-state index in [2.05, 4.69) is 0 Å². The van der Waals surface area contributed by atoms with Crippen molar-refractivity contribution < 1.29 is 38.0 Å². The highest BCUT2D eigenvalue weighted by atomic mass is 16.7. The number of carbonyl (C=O) groups is 2. The summed E-state index contributed by atoms with van der Waals surface area (Å²) in [5.41, 5.74) is 0. The van der Waals surface area contributed by atoms with Crippen LogP contribution in [0.25, 0.3) is 0 Å². The lowest BCUT2D eigenvalue weighted by atomic mass is 10.0. The van der Waals surface area contributed by atoms with E-state index in [9.17, 15) is 9.59 Å². The molecule has 4 aliphatic heterocycles. The van der Waals surface area contributed by atoms with E-state index >= 15 is 0 Å². The Bertz CT molecular complexity index is 426. The van der Waals surface area contributed by atoms with Gasteiger partial charge in [0.1, 0.15) is 12.2 Å². The number of rotatable bonds is 2. The van der Waals surface area contributed by atoms with Crippen molar-refractivity contribution in [3.05, 3.63) is 0 Å². The standard InChI is InChI=1S/2C8H12O4.CH4/c2*1-5(9)12-7-4-11-8-6(7)2-3-10-8;/h2*6-8H,2-4H2,1H3;1H4/t2*6-,7-,8+;/m10./s1. The fourth-order valence-electron chi connectivity index (χ4n) is 3.52. The van der Waals surface area contributed by atoms with Crippen LogP contribution in [-0.4, -0.2) is 63.2 Å². The van der Waals surface area contributed by atoms with E-state index in [-0.39, 0.29) is 56.0 Å². The van der Waals surface area contributed by atoms with Crippen molar-refractivity contribution in [2.24, 2.45) is 11.8 Å². The fourth-order valence-corrected chi connectivity index (χ4v) is 3.52. The Morgan fingerprint density at radius 1 is 0.760 bits per heavy atom. The molecule has 0 aromatic carbocycles. The van der Waals surface area contributed by atoms with Crippen molar-refractivity contribution in [1.82, 2.24) is 0 Å². The average Bonchev–Trinajstić information content (AvgIpc) is 3.23. The Morgan fingerprint density at radius 2 is 1.16 bits per heavy atom. The second-order valence-corrected chi connectivity index (χ2v) is 6.35. The maximum atomic E-state index is 10.7. The number of fused-ring (bicyclic) bond motifs is 2. The van der Waals surface area contributed by atoms with Crippen molar-refractivity contribution >= 4 is 11.9 Å². The van der Waals surface area contributed by atoms with Crippen LogP contribution in [0.3, 0.4) is 0 Å². The van der Waals surface area contributed by atoms with Crippen LogP contribution in [0.15, 0.2) is 0 Å². The van der Waals surface area contributed by atoms with Gasteiger partial charge in [-0.05, 0) is 12.8 Å². The van der Waals surface area contributed by atoms with E-state index < -0.39 is 0 Å². The quantitative estimate of drug-likeness (QED) is 0.680. The van der Waals surface area contributed by atoms with E-state index in [1.165, 1.54) is 13.8 Å². The van der Waals surface area contributed by atoms with Gasteiger partial charge in [-0.3, -0.25) is 9.59 Å². The molecular weight excluding hydrogens is 332 g/mol. The van der Waals surface area contributed by atoms with E-state index in [1.54, 1.807) is 0 Å². The maximum Gasteiger partial charge on any atom is 0.302 e. The summed E-state index contributed by atoms with van der Waals surface area (Å²) in [4.78, 5) is 21.3. The van der Waals surface area contributed by atoms with Gasteiger partial charge in [0, 0.05) is 13.8 Å². The van der Waals surface area contributed by atoms with Crippen LogP contribution in [0.1, 0.15) is 34.1 Å². The SMILES string of the molecule is C.CC(=O)O[C@@H]1CO[C@@H]2OCC[C@@H]21.CC(=O)O[C@H]1CO[C@H]2OCC[C@H]21. The van der Waals surface area contributed by atoms with Crippen molar-refractivity contribution in [2.45, 2.75) is 58.9 Å². The maximum absolute atomic E-state index is 10.7. The van der Waals surface area contributed by atoms with Gasteiger partial charge in [0.2, 0.25) is 0 Å². The number of ether oxygens (including phenoxy) is 6. The molecule has 0 N–H and O–H groups in total. The van der Waals surface area contributed by atoms with Gasteiger partial charge < -0.3 is 28.4 Å². The first kappa shape index (κ1) is 20.1. The molecule has 4 aliphatic rings. The molecule has 8 nitrogen and oxygen atoms in total. The van der Waals surface area contributed by atoms with Gasteiger partial charge in [-0.15, -0.1) is 0 Å². The summed E-state index contributed by atoms with van der Waals surface area (Å²) in [5, 5.41) is 0. The summed E-state index contributed by atoms with van der Waals surface area (Å²) in [6.45, 7) is 5.23. The molecule has 0 aromatic rings. The Balaban J connectivity index is 0.000000173. The minimum atomic E-state index is -0.240. The molecule has 0 unspecified atom stereocenters. The highest BCUT2D eigenvalue weighted by Gasteiger charge is 2.44. The molecule has 0 spiro atoms. The molecule has 6 atom stereocenters. The van der Waals surface area contributed by atoms with Gasteiger partial charge in [-0.2, -0.15) is 0 Å². The van der Waals surface area contributed by atoms with Crippen molar-refractivity contribution in [3.63, 3.8) is 0 Å². The van der Waals surface area contributed by atoms with Crippen LogP contribution in [-0.2, 0) is 38.0 Å². The summed E-state index contributed by atoms with van der Waals surface area (Å²) in [6, 6.07) is 0. The minimum absolute atomic E-state index is 0. The molecule has 4 saturated heterocycles. The molecule has 4 heterocycles. The first-order valence-electron chi connectivity index (χ1n) is 8.35. The number of esters is 2. The molecule has 8 heteroatoms. The molecular formula is C17H28O8. The summed E-state index contributed by atoms with van der Waals surface area (Å²) >= 11 is 0. The molecule has 4 rings (SSSR count).